The lowest BCUT2D eigenvalue weighted by molar-refractivity contribution is 0.851. The number of aryl methyl sites for hydroxylation is 2. The summed E-state index contributed by atoms with van der Waals surface area (Å²) in [5.74, 6) is 1.67. The first-order valence-corrected chi connectivity index (χ1v) is 7.69. The van der Waals surface area contributed by atoms with Gasteiger partial charge in [-0.15, -0.1) is 0 Å². The number of hydrogen-bond acceptors (Lipinski definition) is 4. The van der Waals surface area contributed by atoms with Crippen molar-refractivity contribution >= 4 is 11.8 Å². The molecule has 1 aliphatic rings. The van der Waals surface area contributed by atoms with Gasteiger partial charge in [-0.05, 0) is 38.2 Å². The third kappa shape index (κ3) is 4.45. The normalized spacial score (nSPS) is 14.0. The highest BCUT2D eigenvalue weighted by Crippen LogP contribution is 2.24. The first kappa shape index (κ1) is 13.9. The van der Waals surface area contributed by atoms with E-state index in [0.717, 1.165) is 36.8 Å². The van der Waals surface area contributed by atoms with Gasteiger partial charge < -0.3 is 10.6 Å². The molecule has 0 spiro atoms. The number of anilines is 2. The summed E-state index contributed by atoms with van der Waals surface area (Å²) in [6.07, 6.45) is 4.66. The van der Waals surface area contributed by atoms with Crippen molar-refractivity contribution in [3.8, 4) is 0 Å². The maximum absolute atomic E-state index is 4.52. The van der Waals surface area contributed by atoms with E-state index in [1.807, 2.05) is 13.0 Å². The van der Waals surface area contributed by atoms with Crippen molar-refractivity contribution in [2.45, 2.75) is 38.6 Å². The summed E-state index contributed by atoms with van der Waals surface area (Å²) in [6, 6.07) is 13.2. The van der Waals surface area contributed by atoms with Crippen LogP contribution in [0.2, 0.25) is 0 Å². The molecule has 0 atom stereocenters. The van der Waals surface area contributed by atoms with Gasteiger partial charge in [0.05, 0.1) is 0 Å². The molecule has 110 valence electrons. The SMILES string of the molecule is Cc1cc(NC2CC2)nc(NCCCc2ccccc2)n1. The van der Waals surface area contributed by atoms with E-state index in [-0.39, 0.29) is 0 Å². The second-order valence-corrected chi connectivity index (χ2v) is 5.65. The number of nitrogens with zero attached hydrogens (tertiary/aromatic N) is 2. The molecular formula is C17H22N4. The van der Waals surface area contributed by atoms with Crippen LogP contribution in [0.1, 0.15) is 30.5 Å². The summed E-state index contributed by atoms with van der Waals surface area (Å²) in [5, 5.41) is 6.75. The summed E-state index contributed by atoms with van der Waals surface area (Å²) in [7, 11) is 0. The Bertz CT molecular complexity index is 579. The maximum Gasteiger partial charge on any atom is 0.224 e. The van der Waals surface area contributed by atoms with Crippen LogP contribution < -0.4 is 10.6 Å². The predicted molar refractivity (Wildman–Crippen MR) is 86.7 cm³/mol. The van der Waals surface area contributed by atoms with Crippen molar-refractivity contribution in [1.29, 1.82) is 0 Å². The molecule has 2 N–H and O–H groups in total. The Hall–Kier alpha value is -2.10. The lowest BCUT2D eigenvalue weighted by Crippen LogP contribution is -2.10. The molecule has 2 aromatic rings. The fraction of sp³-hybridized carbons (Fsp3) is 0.412. The summed E-state index contributed by atoms with van der Waals surface area (Å²) in [6.45, 7) is 2.90. The van der Waals surface area contributed by atoms with Gasteiger partial charge in [0.25, 0.3) is 0 Å². The van der Waals surface area contributed by atoms with Crippen molar-refractivity contribution in [2.24, 2.45) is 0 Å². The van der Waals surface area contributed by atoms with Crippen LogP contribution in [-0.2, 0) is 6.42 Å². The highest BCUT2D eigenvalue weighted by atomic mass is 15.2. The molecule has 0 unspecified atom stereocenters. The molecule has 1 aromatic carbocycles. The summed E-state index contributed by atoms with van der Waals surface area (Å²) < 4.78 is 0. The monoisotopic (exact) mass is 282 g/mol. The van der Waals surface area contributed by atoms with E-state index in [1.165, 1.54) is 18.4 Å². The third-order valence-electron chi connectivity index (χ3n) is 3.55. The topological polar surface area (TPSA) is 49.8 Å². The fourth-order valence-corrected chi connectivity index (χ4v) is 2.30. The van der Waals surface area contributed by atoms with Crippen molar-refractivity contribution < 1.29 is 0 Å². The molecule has 3 rings (SSSR count). The zero-order valence-electron chi connectivity index (χ0n) is 12.5. The first-order chi connectivity index (χ1) is 10.3. The maximum atomic E-state index is 4.52. The third-order valence-corrected chi connectivity index (χ3v) is 3.55. The number of rotatable bonds is 7. The first-order valence-electron chi connectivity index (χ1n) is 7.69. The van der Waals surface area contributed by atoms with Crippen molar-refractivity contribution in [3.63, 3.8) is 0 Å². The molecule has 0 amide bonds. The van der Waals surface area contributed by atoms with Gasteiger partial charge in [0, 0.05) is 24.3 Å². The van der Waals surface area contributed by atoms with Crippen LogP contribution >= 0.6 is 0 Å². The van der Waals surface area contributed by atoms with Gasteiger partial charge in [-0.3, -0.25) is 0 Å². The van der Waals surface area contributed by atoms with Gasteiger partial charge in [-0.2, -0.15) is 4.98 Å². The second kappa shape index (κ2) is 6.57. The Balaban J connectivity index is 1.49. The van der Waals surface area contributed by atoms with E-state index in [9.17, 15) is 0 Å². The Morgan fingerprint density at radius 3 is 2.71 bits per heavy atom. The molecule has 4 nitrogen and oxygen atoms in total. The van der Waals surface area contributed by atoms with E-state index in [1.54, 1.807) is 0 Å². The minimum Gasteiger partial charge on any atom is -0.367 e. The standard InChI is InChI=1S/C17H22N4/c1-13-12-16(20-15-9-10-15)21-17(19-13)18-11-5-8-14-6-3-2-4-7-14/h2-4,6-7,12,15H,5,8-11H2,1H3,(H2,18,19,20,21). The lowest BCUT2D eigenvalue weighted by Gasteiger charge is -2.09. The molecule has 1 fully saturated rings. The van der Waals surface area contributed by atoms with Crippen LogP contribution in [0.5, 0.6) is 0 Å². The van der Waals surface area contributed by atoms with E-state index in [4.69, 9.17) is 0 Å². The molecule has 0 saturated heterocycles. The van der Waals surface area contributed by atoms with Crippen LogP contribution in [0, 0.1) is 6.92 Å². The smallest absolute Gasteiger partial charge is 0.224 e. The molecule has 1 heterocycles. The number of nitrogens with one attached hydrogen (secondary N) is 2. The van der Waals surface area contributed by atoms with Crippen molar-refractivity contribution in [3.05, 3.63) is 47.7 Å². The van der Waals surface area contributed by atoms with E-state index >= 15 is 0 Å². The van der Waals surface area contributed by atoms with Crippen LogP contribution in [0.15, 0.2) is 36.4 Å². The number of hydrogen-bond donors (Lipinski definition) is 2. The van der Waals surface area contributed by atoms with Gasteiger partial charge in [-0.1, -0.05) is 30.3 Å². The fourth-order valence-electron chi connectivity index (χ4n) is 2.30. The quantitative estimate of drug-likeness (QED) is 0.764. The summed E-state index contributed by atoms with van der Waals surface area (Å²) >= 11 is 0. The Morgan fingerprint density at radius 2 is 1.95 bits per heavy atom. The molecule has 1 saturated carbocycles. The molecular weight excluding hydrogens is 260 g/mol. The van der Waals surface area contributed by atoms with Crippen LogP contribution in [0.25, 0.3) is 0 Å². The zero-order chi connectivity index (χ0) is 14.5. The van der Waals surface area contributed by atoms with Crippen LogP contribution in [0.3, 0.4) is 0 Å². The Labute approximate surface area is 126 Å². The largest absolute Gasteiger partial charge is 0.367 e. The molecule has 21 heavy (non-hydrogen) atoms. The van der Waals surface area contributed by atoms with Gasteiger partial charge in [0.15, 0.2) is 0 Å². The van der Waals surface area contributed by atoms with Crippen molar-refractivity contribution in [2.75, 3.05) is 17.2 Å². The molecule has 1 aromatic heterocycles. The Morgan fingerprint density at radius 1 is 1.14 bits per heavy atom. The van der Waals surface area contributed by atoms with E-state index < -0.39 is 0 Å². The molecule has 0 aliphatic heterocycles. The predicted octanol–water partition coefficient (Wildman–Crippen LogP) is 3.40. The van der Waals surface area contributed by atoms with Gasteiger partial charge in [-0.25, -0.2) is 4.98 Å². The Kier molecular flexibility index (Phi) is 4.34. The van der Waals surface area contributed by atoms with Gasteiger partial charge >= 0.3 is 0 Å². The summed E-state index contributed by atoms with van der Waals surface area (Å²) in [5.41, 5.74) is 2.37. The minimum absolute atomic E-state index is 0.616. The number of aromatic nitrogens is 2. The van der Waals surface area contributed by atoms with Crippen LogP contribution in [-0.4, -0.2) is 22.6 Å². The average molecular weight is 282 g/mol. The molecule has 4 heteroatoms. The lowest BCUT2D eigenvalue weighted by atomic mass is 10.1. The highest BCUT2D eigenvalue weighted by Gasteiger charge is 2.21. The number of benzene rings is 1. The molecule has 1 aliphatic carbocycles. The van der Waals surface area contributed by atoms with Crippen LogP contribution in [0.4, 0.5) is 11.8 Å². The average Bonchev–Trinajstić information content (AvgIpc) is 3.28. The molecule has 0 radical (unpaired) electrons. The van der Waals surface area contributed by atoms with Gasteiger partial charge in [0.2, 0.25) is 5.95 Å². The highest BCUT2D eigenvalue weighted by molar-refractivity contribution is 5.43. The minimum atomic E-state index is 0.616. The second-order valence-electron chi connectivity index (χ2n) is 5.65. The van der Waals surface area contributed by atoms with Crippen molar-refractivity contribution in [1.82, 2.24) is 9.97 Å². The molecule has 0 bridgehead atoms. The van der Waals surface area contributed by atoms with Gasteiger partial charge in [0.1, 0.15) is 5.82 Å². The summed E-state index contributed by atoms with van der Waals surface area (Å²) in [4.78, 5) is 8.97. The van der Waals surface area contributed by atoms with E-state index in [0.29, 0.717) is 6.04 Å². The van der Waals surface area contributed by atoms with E-state index in [2.05, 4.69) is 50.9 Å². The zero-order valence-corrected chi connectivity index (χ0v) is 12.5.